The van der Waals surface area contributed by atoms with E-state index in [0.29, 0.717) is 22.0 Å². The van der Waals surface area contributed by atoms with Crippen LogP contribution in [0.4, 0.5) is 0 Å². The van der Waals surface area contributed by atoms with Gasteiger partial charge in [0.1, 0.15) is 10.4 Å². The number of cyclic esters (lactones) is 4. The van der Waals surface area contributed by atoms with E-state index < -0.39 is 47.0 Å². The fraction of sp³-hybridized carbons (Fsp3) is 0.269. The van der Waals surface area contributed by atoms with Crippen molar-refractivity contribution in [1.29, 1.82) is 0 Å². The minimum Gasteiger partial charge on any atom is -0.393 e. The molecule has 2 fully saturated rings. The first-order chi connectivity index (χ1) is 16.4. The Labute approximate surface area is 198 Å². The van der Waals surface area contributed by atoms with Crippen LogP contribution in [0.2, 0.25) is 0 Å². The van der Waals surface area contributed by atoms with Gasteiger partial charge >= 0.3 is 23.9 Å². The summed E-state index contributed by atoms with van der Waals surface area (Å²) >= 11 is 1.28. The molecule has 1 aromatic heterocycles. The Morgan fingerprint density at radius 1 is 0.912 bits per heavy atom. The summed E-state index contributed by atoms with van der Waals surface area (Å²) in [4.78, 5) is 57.1. The van der Waals surface area contributed by atoms with Crippen LogP contribution in [0.1, 0.15) is 34.0 Å². The zero-order valence-corrected chi connectivity index (χ0v) is 19.0. The number of ether oxygens (including phenoxy) is 2. The first kappa shape index (κ1) is 20.9. The molecule has 170 valence electrons. The van der Waals surface area contributed by atoms with Crippen LogP contribution in [0.5, 0.6) is 0 Å². The minimum absolute atomic E-state index is 0.281. The van der Waals surface area contributed by atoms with Crippen LogP contribution < -0.4 is 0 Å². The fourth-order valence-corrected chi connectivity index (χ4v) is 6.95. The lowest BCUT2D eigenvalue weighted by molar-refractivity contribution is -0.159. The molecule has 6 rings (SSSR count). The lowest BCUT2D eigenvalue weighted by Gasteiger charge is -2.40. The lowest BCUT2D eigenvalue weighted by Crippen LogP contribution is -2.52. The van der Waals surface area contributed by atoms with Crippen molar-refractivity contribution >= 4 is 35.2 Å². The number of carbonyl (C=O) groups excluding carboxylic acids is 4. The molecule has 3 heterocycles. The zero-order valence-electron chi connectivity index (χ0n) is 18.1. The van der Waals surface area contributed by atoms with Crippen LogP contribution in [0.3, 0.4) is 0 Å². The number of aromatic nitrogens is 1. The highest BCUT2D eigenvalue weighted by atomic mass is 32.1. The van der Waals surface area contributed by atoms with Gasteiger partial charge in [-0.15, -0.1) is 11.3 Å². The lowest BCUT2D eigenvalue weighted by atomic mass is 9.57. The van der Waals surface area contributed by atoms with E-state index in [1.165, 1.54) is 11.3 Å². The molecule has 0 spiro atoms. The maximum absolute atomic E-state index is 13.5. The third-order valence-electron chi connectivity index (χ3n) is 7.11. The molecule has 7 nitrogen and oxygen atoms in total. The van der Waals surface area contributed by atoms with E-state index >= 15 is 0 Å². The topological polar surface area (TPSA) is 99.6 Å². The predicted octanol–water partition coefficient (Wildman–Crippen LogP) is 3.49. The highest BCUT2D eigenvalue weighted by molar-refractivity contribution is 7.15. The monoisotopic (exact) mass is 473 g/mol. The van der Waals surface area contributed by atoms with Crippen LogP contribution in [-0.2, 0) is 40.5 Å². The largest absolute Gasteiger partial charge is 0.393 e. The maximum atomic E-state index is 13.5. The van der Waals surface area contributed by atoms with Gasteiger partial charge in [0.25, 0.3) is 0 Å². The van der Waals surface area contributed by atoms with Crippen molar-refractivity contribution in [3.63, 3.8) is 0 Å². The van der Waals surface area contributed by atoms with Gasteiger partial charge in [-0.25, -0.2) is 4.98 Å². The zero-order chi connectivity index (χ0) is 23.6. The summed E-state index contributed by atoms with van der Waals surface area (Å²) in [5.41, 5.74) is 1.77. The molecule has 0 radical (unpaired) electrons. The highest BCUT2D eigenvalue weighted by Crippen LogP contribution is 2.60. The van der Waals surface area contributed by atoms with E-state index in [1.54, 1.807) is 0 Å². The number of carbonyl (C=O) groups is 4. The van der Waals surface area contributed by atoms with Gasteiger partial charge in [0, 0.05) is 16.4 Å². The van der Waals surface area contributed by atoms with Gasteiger partial charge in [-0.05, 0) is 18.9 Å². The summed E-state index contributed by atoms with van der Waals surface area (Å²) in [5.74, 6) is -5.53. The van der Waals surface area contributed by atoms with Crippen molar-refractivity contribution in [2.75, 3.05) is 0 Å². The Morgan fingerprint density at radius 2 is 1.65 bits per heavy atom. The van der Waals surface area contributed by atoms with Gasteiger partial charge in [-0.3, -0.25) is 19.2 Å². The van der Waals surface area contributed by atoms with Crippen LogP contribution in [-0.4, -0.2) is 28.9 Å². The van der Waals surface area contributed by atoms with Gasteiger partial charge in [0.05, 0.1) is 24.0 Å². The van der Waals surface area contributed by atoms with E-state index in [9.17, 15) is 19.2 Å². The molecule has 0 amide bonds. The highest BCUT2D eigenvalue weighted by Gasteiger charge is 2.71. The van der Waals surface area contributed by atoms with Crippen molar-refractivity contribution in [2.24, 2.45) is 11.8 Å². The Kier molecular flexibility index (Phi) is 4.57. The van der Waals surface area contributed by atoms with E-state index in [0.717, 1.165) is 16.7 Å². The van der Waals surface area contributed by atoms with Crippen LogP contribution in [0.15, 0.2) is 54.6 Å². The molecule has 0 bridgehead atoms. The first-order valence-electron chi connectivity index (χ1n) is 11.0. The third kappa shape index (κ3) is 2.84. The van der Waals surface area contributed by atoms with E-state index in [2.05, 4.69) is 0 Å². The normalized spacial score (nSPS) is 27.9. The van der Waals surface area contributed by atoms with Gasteiger partial charge < -0.3 is 9.47 Å². The number of nitrogens with zero attached hydrogens (tertiary/aromatic N) is 1. The van der Waals surface area contributed by atoms with Crippen molar-refractivity contribution in [3.05, 3.63) is 76.3 Å². The van der Waals surface area contributed by atoms with E-state index in [1.807, 2.05) is 61.5 Å². The average molecular weight is 474 g/mol. The molecular formula is C26H19NO6S. The van der Waals surface area contributed by atoms with Gasteiger partial charge in [0.2, 0.25) is 0 Å². The second-order valence-corrected chi connectivity index (χ2v) is 9.99. The number of hydrogen-bond acceptors (Lipinski definition) is 8. The second-order valence-electron chi connectivity index (χ2n) is 8.99. The maximum Gasteiger partial charge on any atom is 0.326 e. The molecule has 8 heteroatoms. The molecule has 1 unspecified atom stereocenters. The molecule has 3 aromatic rings. The van der Waals surface area contributed by atoms with Gasteiger partial charge in [0.15, 0.2) is 0 Å². The average Bonchev–Trinajstić information content (AvgIpc) is 3.48. The smallest absolute Gasteiger partial charge is 0.326 e. The quantitative estimate of drug-likeness (QED) is 0.424. The Bertz CT molecular complexity index is 1360. The Morgan fingerprint density at radius 3 is 2.32 bits per heavy atom. The summed E-state index contributed by atoms with van der Waals surface area (Å²) in [6, 6.07) is 17.2. The van der Waals surface area contributed by atoms with Crippen LogP contribution >= 0.6 is 11.3 Å². The van der Waals surface area contributed by atoms with E-state index in [4.69, 9.17) is 14.5 Å². The van der Waals surface area contributed by atoms with Gasteiger partial charge in [-0.1, -0.05) is 60.2 Å². The van der Waals surface area contributed by atoms with Crippen molar-refractivity contribution in [3.8, 4) is 10.6 Å². The van der Waals surface area contributed by atoms with Gasteiger partial charge in [-0.2, -0.15) is 0 Å². The number of fused-ring (bicyclic) bond motifs is 3. The molecule has 2 aromatic carbocycles. The third-order valence-corrected chi connectivity index (χ3v) is 8.41. The summed E-state index contributed by atoms with van der Waals surface area (Å²) < 4.78 is 10.1. The fourth-order valence-electron chi connectivity index (χ4n) is 5.57. The number of aryl methyl sites for hydroxylation is 1. The summed E-state index contributed by atoms with van der Waals surface area (Å²) in [6.45, 7) is 1.97. The SMILES string of the molecule is Cc1ccc([C@@H]2Cc3nc(-c4ccccc4)sc3[C@]3(C4CC(=O)OC4=O)C(=O)OC(=O)[C@H]23)cc1. The molecule has 1 aliphatic carbocycles. The van der Waals surface area contributed by atoms with Crippen molar-refractivity contribution in [1.82, 2.24) is 4.98 Å². The molecule has 0 saturated carbocycles. The summed E-state index contributed by atoms with van der Waals surface area (Å²) in [7, 11) is 0. The summed E-state index contributed by atoms with van der Waals surface area (Å²) in [6.07, 6.45) is 0.128. The molecule has 3 aliphatic rings. The molecule has 34 heavy (non-hydrogen) atoms. The first-order valence-corrected chi connectivity index (χ1v) is 11.8. The Balaban J connectivity index is 1.61. The number of esters is 4. The van der Waals surface area contributed by atoms with Crippen LogP contribution in [0, 0.1) is 18.8 Å². The number of benzene rings is 2. The molecular weight excluding hydrogens is 454 g/mol. The molecule has 0 N–H and O–H groups in total. The standard InChI is InChI=1S/C26H19NO6S/c1-13-7-9-14(10-8-13)16-11-18-21(34-22(27-18)15-5-3-2-4-6-15)26(17-12-19(28)32-23(17)29)20(16)24(30)33-25(26)31/h2-10,16-17,20H,11-12H2,1H3/t16-,17?,20-,26+/m0/s1. The van der Waals surface area contributed by atoms with E-state index in [-0.39, 0.29) is 6.42 Å². The number of hydrogen-bond donors (Lipinski definition) is 0. The molecule has 2 aliphatic heterocycles. The molecule has 2 saturated heterocycles. The molecule has 4 atom stereocenters. The van der Waals surface area contributed by atoms with Crippen molar-refractivity contribution in [2.45, 2.75) is 31.1 Å². The Hall–Kier alpha value is -3.65. The second kappa shape index (κ2) is 7.43. The van der Waals surface area contributed by atoms with Crippen LogP contribution in [0.25, 0.3) is 10.6 Å². The summed E-state index contributed by atoms with van der Waals surface area (Å²) in [5, 5.41) is 0.679. The minimum atomic E-state index is -1.64. The number of thiazole rings is 1. The van der Waals surface area contributed by atoms with Crippen molar-refractivity contribution < 1.29 is 28.7 Å². The predicted molar refractivity (Wildman–Crippen MR) is 121 cm³/mol. The number of rotatable bonds is 3.